The molecule has 0 unspecified atom stereocenters. The highest BCUT2D eigenvalue weighted by Gasteiger charge is 2.30. The highest BCUT2D eigenvalue weighted by molar-refractivity contribution is 5.91. The van der Waals surface area contributed by atoms with Crippen LogP contribution >= 0.6 is 0 Å². The van der Waals surface area contributed by atoms with E-state index in [1.54, 1.807) is 11.2 Å². The number of nitrogens with zero attached hydrogens (tertiary/aromatic N) is 4. The van der Waals surface area contributed by atoms with Crippen molar-refractivity contribution in [3.8, 4) is 0 Å². The Morgan fingerprint density at radius 2 is 1.84 bits per heavy atom. The van der Waals surface area contributed by atoms with E-state index in [0.29, 0.717) is 18.0 Å². The zero-order valence-corrected chi connectivity index (χ0v) is 18.9. The number of hydrogen-bond donors (Lipinski definition) is 2. The Balaban J connectivity index is 1.20. The summed E-state index contributed by atoms with van der Waals surface area (Å²) in [4.78, 5) is 28.5. The van der Waals surface area contributed by atoms with Gasteiger partial charge in [0.15, 0.2) is 0 Å². The highest BCUT2D eigenvalue weighted by Crippen LogP contribution is 2.36. The van der Waals surface area contributed by atoms with Crippen LogP contribution in [0.3, 0.4) is 0 Å². The molecule has 5 rings (SSSR count). The van der Waals surface area contributed by atoms with Crippen LogP contribution in [0.15, 0.2) is 12.5 Å². The number of ether oxygens (including phenoxy) is 2. The minimum atomic E-state index is -0.210. The van der Waals surface area contributed by atoms with Gasteiger partial charge in [-0.25, -0.2) is 14.8 Å². The van der Waals surface area contributed by atoms with Gasteiger partial charge in [-0.15, -0.1) is 0 Å². The van der Waals surface area contributed by atoms with Gasteiger partial charge in [0.25, 0.3) is 0 Å². The number of rotatable bonds is 4. The predicted molar refractivity (Wildman–Crippen MR) is 122 cm³/mol. The van der Waals surface area contributed by atoms with Crippen molar-refractivity contribution in [2.24, 2.45) is 0 Å². The summed E-state index contributed by atoms with van der Waals surface area (Å²) in [6, 6.07) is 1.03. The maximum Gasteiger partial charge on any atom is 0.409 e. The molecule has 9 heteroatoms. The zero-order chi connectivity index (χ0) is 21.9. The summed E-state index contributed by atoms with van der Waals surface area (Å²) >= 11 is 0. The van der Waals surface area contributed by atoms with Crippen LogP contribution in [-0.4, -0.2) is 89.4 Å². The molecule has 32 heavy (non-hydrogen) atoms. The van der Waals surface area contributed by atoms with Crippen LogP contribution in [0.25, 0.3) is 11.0 Å². The van der Waals surface area contributed by atoms with Gasteiger partial charge in [-0.2, -0.15) is 0 Å². The molecule has 0 atom stereocenters. The van der Waals surface area contributed by atoms with Gasteiger partial charge in [-0.05, 0) is 50.0 Å². The molecule has 0 aromatic carbocycles. The molecule has 0 bridgehead atoms. The molecule has 1 saturated carbocycles. The first kappa shape index (κ1) is 21.5. The Hall–Kier alpha value is -2.39. The van der Waals surface area contributed by atoms with E-state index in [-0.39, 0.29) is 6.09 Å². The van der Waals surface area contributed by atoms with Gasteiger partial charge >= 0.3 is 6.09 Å². The Labute approximate surface area is 188 Å². The number of anilines is 1. The van der Waals surface area contributed by atoms with Crippen LogP contribution in [0.5, 0.6) is 0 Å². The monoisotopic (exact) mass is 442 g/mol. The predicted octanol–water partition coefficient (Wildman–Crippen LogP) is 2.96. The second-order valence-corrected chi connectivity index (χ2v) is 9.22. The quantitative estimate of drug-likeness (QED) is 0.752. The minimum absolute atomic E-state index is 0.210. The summed E-state index contributed by atoms with van der Waals surface area (Å²) < 4.78 is 10.4. The molecular formula is C23H34N6O3. The summed E-state index contributed by atoms with van der Waals surface area (Å²) in [7, 11) is 1.45. The molecule has 0 radical (unpaired) electrons. The average Bonchev–Trinajstić information content (AvgIpc) is 3.30. The largest absolute Gasteiger partial charge is 0.453 e. The molecule has 2 aromatic heterocycles. The van der Waals surface area contributed by atoms with Gasteiger partial charge in [-0.3, -0.25) is 4.90 Å². The van der Waals surface area contributed by atoms with E-state index in [9.17, 15) is 4.79 Å². The first-order valence-corrected chi connectivity index (χ1v) is 12.0. The fourth-order valence-corrected chi connectivity index (χ4v) is 5.60. The molecule has 4 heterocycles. The van der Waals surface area contributed by atoms with Crippen LogP contribution in [0.1, 0.15) is 50.0 Å². The lowest BCUT2D eigenvalue weighted by Gasteiger charge is -2.41. The van der Waals surface area contributed by atoms with E-state index in [0.717, 1.165) is 81.9 Å². The van der Waals surface area contributed by atoms with Gasteiger partial charge in [0, 0.05) is 57.7 Å². The number of piperazine rings is 1. The Kier molecular flexibility index (Phi) is 6.45. The van der Waals surface area contributed by atoms with Crippen molar-refractivity contribution in [2.75, 3.05) is 51.8 Å². The summed E-state index contributed by atoms with van der Waals surface area (Å²) in [6.45, 7) is 5.03. The molecule has 2 aliphatic heterocycles. The van der Waals surface area contributed by atoms with Crippen molar-refractivity contribution in [1.82, 2.24) is 24.8 Å². The fraction of sp³-hybridized carbons (Fsp3) is 0.696. The van der Waals surface area contributed by atoms with Crippen LogP contribution in [0, 0.1) is 0 Å². The highest BCUT2D eigenvalue weighted by atomic mass is 16.5. The number of methoxy groups -OCH3 is 1. The topological polar surface area (TPSA) is 95.6 Å². The summed E-state index contributed by atoms with van der Waals surface area (Å²) in [5.74, 6) is 1.47. The lowest BCUT2D eigenvalue weighted by atomic mass is 9.89. The SMILES string of the molecule is COC(=O)N1CCN([C@H]2CC[C@H](Nc3ncnc4[nH]cc(C5CCOCC5)c34)CC2)CC1. The van der Waals surface area contributed by atoms with Gasteiger partial charge in [0.2, 0.25) is 0 Å². The lowest BCUT2D eigenvalue weighted by molar-refractivity contribution is 0.0642. The van der Waals surface area contributed by atoms with E-state index < -0.39 is 0 Å². The Bertz CT molecular complexity index is 912. The van der Waals surface area contributed by atoms with Gasteiger partial charge in [0.1, 0.15) is 17.8 Å². The van der Waals surface area contributed by atoms with E-state index in [1.807, 2.05) is 0 Å². The number of H-pyrrole nitrogens is 1. The number of hydrogen-bond acceptors (Lipinski definition) is 7. The molecule has 9 nitrogen and oxygen atoms in total. The molecule has 1 amide bonds. The van der Waals surface area contributed by atoms with Crippen molar-refractivity contribution in [3.05, 3.63) is 18.1 Å². The molecule has 1 aliphatic carbocycles. The van der Waals surface area contributed by atoms with Crippen LogP contribution in [-0.2, 0) is 9.47 Å². The number of aromatic amines is 1. The average molecular weight is 443 g/mol. The standard InChI is InChI=1S/C23H34N6O3/c1-31-23(30)29-10-8-28(9-11-29)18-4-2-17(3-5-18)27-22-20-19(16-6-12-32-13-7-16)14-24-21(20)25-15-26-22/h14-18H,2-13H2,1H3,(H2,24,25,26,27)/t17-,18-. The van der Waals surface area contributed by atoms with E-state index in [1.165, 1.54) is 25.5 Å². The first-order chi connectivity index (χ1) is 15.7. The Morgan fingerprint density at radius 3 is 2.56 bits per heavy atom. The van der Waals surface area contributed by atoms with Crippen LogP contribution < -0.4 is 5.32 Å². The number of fused-ring (bicyclic) bond motifs is 1. The summed E-state index contributed by atoms with van der Waals surface area (Å²) in [5, 5.41) is 4.91. The number of carbonyl (C=O) groups is 1. The van der Waals surface area contributed by atoms with Gasteiger partial charge < -0.3 is 24.7 Å². The van der Waals surface area contributed by atoms with Crippen LogP contribution in [0.4, 0.5) is 10.6 Å². The van der Waals surface area contributed by atoms with Crippen molar-refractivity contribution < 1.29 is 14.3 Å². The maximum atomic E-state index is 11.7. The normalized spacial score (nSPS) is 25.7. The number of amides is 1. The van der Waals surface area contributed by atoms with Gasteiger partial charge in [-0.1, -0.05) is 0 Å². The smallest absolute Gasteiger partial charge is 0.409 e. The number of carbonyl (C=O) groups excluding carboxylic acids is 1. The third-order valence-electron chi connectivity index (χ3n) is 7.46. The third kappa shape index (κ3) is 4.41. The molecule has 2 aromatic rings. The second kappa shape index (κ2) is 9.62. The van der Waals surface area contributed by atoms with Crippen molar-refractivity contribution in [3.63, 3.8) is 0 Å². The Morgan fingerprint density at radius 1 is 1.09 bits per heavy atom. The second-order valence-electron chi connectivity index (χ2n) is 9.22. The molecule has 174 valence electrons. The van der Waals surface area contributed by atoms with Crippen molar-refractivity contribution >= 4 is 22.9 Å². The fourth-order valence-electron chi connectivity index (χ4n) is 5.60. The first-order valence-electron chi connectivity index (χ1n) is 12.0. The maximum absolute atomic E-state index is 11.7. The van der Waals surface area contributed by atoms with Crippen molar-refractivity contribution in [1.29, 1.82) is 0 Å². The third-order valence-corrected chi connectivity index (χ3v) is 7.46. The molecule has 2 saturated heterocycles. The zero-order valence-electron chi connectivity index (χ0n) is 18.9. The molecule has 2 N–H and O–H groups in total. The summed E-state index contributed by atoms with van der Waals surface area (Å²) in [5.41, 5.74) is 2.24. The minimum Gasteiger partial charge on any atom is -0.453 e. The van der Waals surface area contributed by atoms with Crippen molar-refractivity contribution in [2.45, 2.75) is 56.5 Å². The lowest BCUT2D eigenvalue weighted by Crippen LogP contribution is -2.53. The van der Waals surface area contributed by atoms with E-state index in [2.05, 4.69) is 31.4 Å². The van der Waals surface area contributed by atoms with E-state index in [4.69, 9.17) is 9.47 Å². The molecule has 3 fully saturated rings. The number of aromatic nitrogens is 3. The van der Waals surface area contributed by atoms with Gasteiger partial charge in [0.05, 0.1) is 12.5 Å². The number of nitrogens with one attached hydrogen (secondary N) is 2. The van der Waals surface area contributed by atoms with E-state index >= 15 is 0 Å². The molecular weight excluding hydrogens is 408 g/mol. The summed E-state index contributed by atoms with van der Waals surface area (Å²) in [6.07, 6.45) is 10.3. The molecule has 0 spiro atoms. The molecule has 3 aliphatic rings. The van der Waals surface area contributed by atoms with Crippen LogP contribution in [0.2, 0.25) is 0 Å².